The van der Waals surface area contributed by atoms with Crippen LogP contribution in [0.25, 0.3) is 22.0 Å². The van der Waals surface area contributed by atoms with Crippen LogP contribution in [0.15, 0.2) is 54.3 Å². The molecule has 3 nitrogen and oxygen atoms in total. The van der Waals surface area contributed by atoms with Gasteiger partial charge in [-0.25, -0.2) is 0 Å². The summed E-state index contributed by atoms with van der Waals surface area (Å²) in [5, 5.41) is 10.8. The minimum absolute atomic E-state index is 0. The van der Waals surface area contributed by atoms with Crippen molar-refractivity contribution in [1.82, 2.24) is 4.98 Å². The fourth-order valence-electron chi connectivity index (χ4n) is 2.85. The first-order valence-corrected chi connectivity index (χ1v) is 8.51. The first kappa shape index (κ1) is 22.7. The normalized spacial score (nSPS) is 10.6. The van der Waals surface area contributed by atoms with Crippen LogP contribution in [0.2, 0.25) is 0 Å². The van der Waals surface area contributed by atoms with E-state index in [4.69, 9.17) is 10.1 Å². The Labute approximate surface area is 174 Å². The van der Waals surface area contributed by atoms with Crippen LogP contribution in [-0.4, -0.2) is 15.9 Å². The van der Waals surface area contributed by atoms with Crippen LogP contribution in [0, 0.1) is 26.8 Å². The number of aryl methyl sites for hydroxylation is 3. The van der Waals surface area contributed by atoms with Crippen LogP contribution in [0.3, 0.4) is 0 Å². The maximum atomic E-state index is 10.0. The first-order chi connectivity index (χ1) is 12.3. The number of aliphatic hydroxyl groups excluding tert-OH is 1. The molecule has 0 bridgehead atoms. The maximum absolute atomic E-state index is 10.0. The number of allylic oxidation sites excluding steroid dienone is 2. The molecule has 0 saturated heterocycles. The predicted octanol–water partition coefficient (Wildman–Crippen LogP) is 5.66. The third-order valence-corrected chi connectivity index (χ3v) is 3.68. The summed E-state index contributed by atoms with van der Waals surface area (Å²) < 4.78 is 0. The number of hydrogen-bond acceptors (Lipinski definition) is 3. The van der Waals surface area contributed by atoms with Gasteiger partial charge in [0.05, 0.1) is 5.76 Å². The average Bonchev–Trinajstić information content (AvgIpc) is 2.52. The standard InChI is InChI=1S/C18H16N.C5H8O2.Ir/c1-12-8-13(2)10-16(9-12)18-17-7-5-4-6-15(17)11-14(3)19-18;1-4(6)3-5(2)7;/h4-9,11H,1-3H3;3,6H,1-2H3;/q-1;;/b;4-3-;. The van der Waals surface area contributed by atoms with Gasteiger partial charge in [0.1, 0.15) is 0 Å². The second kappa shape index (κ2) is 10.1. The molecule has 1 N–H and O–H groups in total. The van der Waals surface area contributed by atoms with Crippen LogP contribution < -0.4 is 0 Å². The van der Waals surface area contributed by atoms with Crippen molar-refractivity contribution in [2.75, 3.05) is 0 Å². The summed E-state index contributed by atoms with van der Waals surface area (Å²) in [6.07, 6.45) is 1.17. The summed E-state index contributed by atoms with van der Waals surface area (Å²) in [6.45, 7) is 9.08. The van der Waals surface area contributed by atoms with E-state index in [9.17, 15) is 4.79 Å². The second-order valence-electron chi connectivity index (χ2n) is 6.48. The van der Waals surface area contributed by atoms with Gasteiger partial charge in [0.15, 0.2) is 5.78 Å². The fourth-order valence-corrected chi connectivity index (χ4v) is 2.85. The van der Waals surface area contributed by atoms with Crippen molar-refractivity contribution in [2.24, 2.45) is 0 Å². The molecular weight excluding hydrogens is 514 g/mol. The molecule has 143 valence electrons. The van der Waals surface area contributed by atoms with Crippen LogP contribution in [-0.2, 0) is 24.9 Å². The number of carbonyl (C=O) groups excluding carboxylic acids is 1. The van der Waals surface area contributed by atoms with Crippen LogP contribution in [0.1, 0.15) is 30.7 Å². The third-order valence-electron chi connectivity index (χ3n) is 3.68. The molecule has 0 aliphatic heterocycles. The van der Waals surface area contributed by atoms with Gasteiger partial charge in [-0.15, -0.1) is 34.9 Å². The molecule has 0 fully saturated rings. The Morgan fingerprint density at radius 2 is 1.74 bits per heavy atom. The molecule has 0 aliphatic rings. The van der Waals surface area contributed by atoms with Crippen LogP contribution >= 0.6 is 0 Å². The van der Waals surface area contributed by atoms with Gasteiger partial charge in [0.2, 0.25) is 0 Å². The number of fused-ring (bicyclic) bond motifs is 1. The molecule has 0 unspecified atom stereocenters. The predicted molar refractivity (Wildman–Crippen MR) is 107 cm³/mol. The summed E-state index contributed by atoms with van der Waals surface area (Å²) in [7, 11) is 0. The molecule has 0 saturated carbocycles. The molecule has 27 heavy (non-hydrogen) atoms. The topological polar surface area (TPSA) is 50.2 Å². The van der Waals surface area contributed by atoms with Crippen molar-refractivity contribution < 1.29 is 30.0 Å². The van der Waals surface area contributed by atoms with E-state index in [-0.39, 0.29) is 31.6 Å². The first-order valence-electron chi connectivity index (χ1n) is 8.51. The molecule has 4 heteroatoms. The molecule has 0 atom stereocenters. The molecule has 3 rings (SSSR count). The minimum atomic E-state index is -0.125. The molecule has 1 heterocycles. The molecular formula is C23H24IrNO2-. The van der Waals surface area contributed by atoms with Gasteiger partial charge < -0.3 is 10.1 Å². The summed E-state index contributed by atoms with van der Waals surface area (Å²) in [5.74, 6) is -0.0625. The van der Waals surface area contributed by atoms with Gasteiger partial charge in [-0.05, 0) is 43.3 Å². The van der Waals surface area contributed by atoms with Crippen molar-refractivity contribution in [3.05, 3.63) is 77.2 Å². The van der Waals surface area contributed by atoms with Gasteiger partial charge in [-0.3, -0.25) is 4.79 Å². The smallest absolute Gasteiger partial charge is 0.155 e. The zero-order valence-electron chi connectivity index (χ0n) is 16.3. The van der Waals surface area contributed by atoms with E-state index in [1.807, 2.05) is 6.92 Å². The molecule has 3 aromatic rings. The maximum Gasteiger partial charge on any atom is 0.155 e. The fraction of sp³-hybridized carbons (Fsp3) is 0.217. The number of aliphatic hydroxyl groups is 1. The number of hydrogen-bond donors (Lipinski definition) is 1. The number of benzene rings is 2. The number of carbonyl (C=O) groups is 1. The van der Waals surface area contributed by atoms with Gasteiger partial charge in [0.25, 0.3) is 0 Å². The molecule has 0 amide bonds. The number of rotatable bonds is 2. The summed E-state index contributed by atoms with van der Waals surface area (Å²) >= 11 is 0. The minimum Gasteiger partial charge on any atom is -0.512 e. The summed E-state index contributed by atoms with van der Waals surface area (Å²) in [6, 6.07) is 18.2. The van der Waals surface area contributed by atoms with Crippen molar-refractivity contribution in [1.29, 1.82) is 0 Å². The third kappa shape index (κ3) is 6.74. The van der Waals surface area contributed by atoms with Crippen LogP contribution in [0.4, 0.5) is 0 Å². The molecule has 1 radical (unpaired) electrons. The number of ketones is 1. The zero-order valence-corrected chi connectivity index (χ0v) is 18.6. The van der Waals surface area contributed by atoms with E-state index in [0.29, 0.717) is 0 Å². The Bertz CT molecular complexity index is 953. The van der Waals surface area contributed by atoms with Crippen molar-refractivity contribution >= 4 is 16.6 Å². The zero-order chi connectivity index (χ0) is 19.3. The Morgan fingerprint density at radius 3 is 2.30 bits per heavy atom. The Balaban J connectivity index is 0.000000395. The van der Waals surface area contributed by atoms with Gasteiger partial charge >= 0.3 is 0 Å². The van der Waals surface area contributed by atoms with Crippen LogP contribution in [0.5, 0.6) is 0 Å². The molecule has 0 spiro atoms. The molecule has 0 aliphatic carbocycles. The van der Waals surface area contributed by atoms with Crippen molar-refractivity contribution in [3.8, 4) is 11.3 Å². The van der Waals surface area contributed by atoms with E-state index in [0.717, 1.165) is 22.5 Å². The average molecular weight is 539 g/mol. The number of nitrogens with zero attached hydrogens (tertiary/aromatic N) is 1. The van der Waals surface area contributed by atoms with Gasteiger partial charge in [-0.2, -0.15) is 0 Å². The van der Waals surface area contributed by atoms with Crippen molar-refractivity contribution in [3.63, 3.8) is 0 Å². The quantitative estimate of drug-likeness (QED) is 0.260. The molecule has 1 aromatic heterocycles. The van der Waals surface area contributed by atoms with E-state index in [1.54, 1.807) is 0 Å². The number of pyridine rings is 1. The van der Waals surface area contributed by atoms with E-state index in [2.05, 4.69) is 62.4 Å². The Hall–Kier alpha value is -2.29. The summed E-state index contributed by atoms with van der Waals surface area (Å²) in [5.41, 5.74) is 5.56. The van der Waals surface area contributed by atoms with E-state index >= 15 is 0 Å². The SMILES string of the molecule is CC(=O)/C=C(/C)O.Cc1[c-]c(-c2nc(C)cc3ccccc23)cc(C)c1.[Ir]. The van der Waals surface area contributed by atoms with Crippen molar-refractivity contribution in [2.45, 2.75) is 34.6 Å². The largest absolute Gasteiger partial charge is 0.512 e. The number of aromatic nitrogens is 1. The second-order valence-corrected chi connectivity index (χ2v) is 6.48. The molecule has 2 aromatic carbocycles. The summed E-state index contributed by atoms with van der Waals surface area (Å²) in [4.78, 5) is 14.7. The van der Waals surface area contributed by atoms with Gasteiger partial charge in [-0.1, -0.05) is 38.1 Å². The van der Waals surface area contributed by atoms with E-state index in [1.165, 1.54) is 36.3 Å². The van der Waals surface area contributed by atoms with Gasteiger partial charge in [0, 0.05) is 31.9 Å². The van der Waals surface area contributed by atoms with E-state index < -0.39 is 0 Å². The monoisotopic (exact) mass is 539 g/mol. The Morgan fingerprint density at radius 1 is 1.07 bits per heavy atom. The Kier molecular flexibility index (Phi) is 8.55.